The van der Waals surface area contributed by atoms with Crippen molar-refractivity contribution in [1.82, 2.24) is 9.78 Å². The molecular formula is C16H17N3O5. The molecule has 24 heavy (non-hydrogen) atoms. The summed E-state index contributed by atoms with van der Waals surface area (Å²) in [6.07, 6.45) is 1.59. The average Bonchev–Trinajstić information content (AvgIpc) is 3.20. The quantitative estimate of drug-likeness (QED) is 0.843. The number of anilines is 1. The fraction of sp³-hybridized carbons (Fsp3) is 0.312. The number of nitrogens with zero attached hydrogens (tertiary/aromatic N) is 2. The van der Waals surface area contributed by atoms with E-state index in [0.29, 0.717) is 22.9 Å². The standard InChI is InChI=1S/C16H17N3O5/c1-10(2)19-14(5-6-17-19)18-15(20)8-22-16(21)11-3-4-12-13(7-11)24-9-23-12/h3-7,10H,8-9H2,1-2H3,(H,18,20). The molecule has 0 bridgehead atoms. The number of esters is 1. The van der Waals surface area contributed by atoms with E-state index in [2.05, 4.69) is 10.4 Å². The molecule has 3 rings (SSSR count). The lowest BCUT2D eigenvalue weighted by atomic mass is 10.2. The summed E-state index contributed by atoms with van der Waals surface area (Å²) in [5.74, 6) is 0.558. The Bertz CT molecular complexity index is 769. The Balaban J connectivity index is 1.56. The average molecular weight is 331 g/mol. The molecule has 0 saturated heterocycles. The highest BCUT2D eigenvalue weighted by molar-refractivity contribution is 5.95. The van der Waals surface area contributed by atoms with Crippen LogP contribution in [-0.2, 0) is 9.53 Å². The highest BCUT2D eigenvalue weighted by atomic mass is 16.7. The minimum atomic E-state index is -0.610. The molecule has 0 fully saturated rings. The second-order valence-corrected chi connectivity index (χ2v) is 5.45. The summed E-state index contributed by atoms with van der Waals surface area (Å²) in [5.41, 5.74) is 0.291. The van der Waals surface area contributed by atoms with Crippen molar-refractivity contribution in [3.63, 3.8) is 0 Å². The molecule has 0 unspecified atom stereocenters. The first-order valence-electron chi connectivity index (χ1n) is 7.44. The Morgan fingerprint density at radius 3 is 2.88 bits per heavy atom. The number of ether oxygens (including phenoxy) is 3. The number of rotatable bonds is 5. The number of nitrogens with one attached hydrogen (secondary N) is 1. The monoisotopic (exact) mass is 331 g/mol. The largest absolute Gasteiger partial charge is 0.454 e. The Hall–Kier alpha value is -3.03. The Kier molecular flexibility index (Phi) is 4.37. The van der Waals surface area contributed by atoms with E-state index in [9.17, 15) is 9.59 Å². The van der Waals surface area contributed by atoms with E-state index in [0.717, 1.165) is 0 Å². The molecule has 0 saturated carbocycles. The highest BCUT2D eigenvalue weighted by Gasteiger charge is 2.18. The minimum absolute atomic E-state index is 0.103. The lowest BCUT2D eigenvalue weighted by Crippen LogP contribution is -2.23. The van der Waals surface area contributed by atoms with E-state index < -0.39 is 18.5 Å². The number of amides is 1. The van der Waals surface area contributed by atoms with Crippen molar-refractivity contribution >= 4 is 17.7 Å². The summed E-state index contributed by atoms with van der Waals surface area (Å²) in [7, 11) is 0. The van der Waals surface area contributed by atoms with Gasteiger partial charge in [-0.05, 0) is 32.0 Å². The summed E-state index contributed by atoms with van der Waals surface area (Å²) in [6, 6.07) is 6.49. The topological polar surface area (TPSA) is 91.7 Å². The van der Waals surface area contributed by atoms with Gasteiger partial charge >= 0.3 is 5.97 Å². The molecule has 1 aromatic heterocycles. The molecule has 126 valence electrons. The number of hydrogen-bond donors (Lipinski definition) is 1. The summed E-state index contributed by atoms with van der Waals surface area (Å²) >= 11 is 0. The third-order valence-corrected chi connectivity index (χ3v) is 3.37. The maximum atomic E-state index is 12.0. The molecule has 1 aliphatic heterocycles. The second kappa shape index (κ2) is 6.61. The summed E-state index contributed by atoms with van der Waals surface area (Å²) in [5, 5.41) is 6.77. The minimum Gasteiger partial charge on any atom is -0.454 e. The number of aromatic nitrogens is 2. The number of benzene rings is 1. The predicted octanol–water partition coefficient (Wildman–Crippen LogP) is 1.99. The predicted molar refractivity (Wildman–Crippen MR) is 84.1 cm³/mol. The fourth-order valence-corrected chi connectivity index (χ4v) is 2.24. The van der Waals surface area contributed by atoms with Gasteiger partial charge < -0.3 is 19.5 Å². The zero-order valence-electron chi connectivity index (χ0n) is 13.3. The number of carbonyl (C=O) groups excluding carboxylic acids is 2. The van der Waals surface area contributed by atoms with Crippen molar-refractivity contribution in [2.24, 2.45) is 0 Å². The van der Waals surface area contributed by atoms with Crippen LogP contribution in [0, 0.1) is 0 Å². The highest BCUT2D eigenvalue weighted by Crippen LogP contribution is 2.32. The van der Waals surface area contributed by atoms with Gasteiger partial charge in [0.25, 0.3) is 5.91 Å². The molecule has 1 aromatic carbocycles. The maximum absolute atomic E-state index is 12.0. The van der Waals surface area contributed by atoms with E-state index in [4.69, 9.17) is 14.2 Å². The van der Waals surface area contributed by atoms with Crippen LogP contribution < -0.4 is 14.8 Å². The van der Waals surface area contributed by atoms with Crippen LogP contribution in [-0.4, -0.2) is 35.1 Å². The fourth-order valence-electron chi connectivity index (χ4n) is 2.24. The first-order chi connectivity index (χ1) is 11.5. The normalized spacial score (nSPS) is 12.3. The Labute approximate surface area is 138 Å². The van der Waals surface area contributed by atoms with Crippen LogP contribution in [0.3, 0.4) is 0 Å². The molecule has 8 nitrogen and oxygen atoms in total. The smallest absolute Gasteiger partial charge is 0.338 e. The number of carbonyl (C=O) groups is 2. The van der Waals surface area contributed by atoms with Crippen LogP contribution in [0.1, 0.15) is 30.2 Å². The zero-order valence-corrected chi connectivity index (χ0v) is 13.3. The van der Waals surface area contributed by atoms with Crippen LogP contribution in [0.2, 0.25) is 0 Å². The van der Waals surface area contributed by atoms with Gasteiger partial charge in [0.05, 0.1) is 11.8 Å². The molecule has 0 atom stereocenters. The molecule has 1 aliphatic rings. The maximum Gasteiger partial charge on any atom is 0.338 e. The number of fused-ring (bicyclic) bond motifs is 1. The first-order valence-corrected chi connectivity index (χ1v) is 7.44. The van der Waals surface area contributed by atoms with Gasteiger partial charge in [0.15, 0.2) is 18.1 Å². The molecule has 1 amide bonds. The van der Waals surface area contributed by atoms with Gasteiger partial charge in [-0.25, -0.2) is 9.48 Å². The van der Waals surface area contributed by atoms with Crippen molar-refractivity contribution in [3.8, 4) is 11.5 Å². The third-order valence-electron chi connectivity index (χ3n) is 3.37. The van der Waals surface area contributed by atoms with Crippen LogP contribution >= 0.6 is 0 Å². The van der Waals surface area contributed by atoms with Crippen molar-refractivity contribution in [2.45, 2.75) is 19.9 Å². The van der Waals surface area contributed by atoms with Gasteiger partial charge in [0.1, 0.15) is 5.82 Å². The van der Waals surface area contributed by atoms with Gasteiger partial charge in [-0.1, -0.05) is 0 Å². The van der Waals surface area contributed by atoms with Gasteiger partial charge in [-0.15, -0.1) is 0 Å². The van der Waals surface area contributed by atoms with E-state index in [1.165, 1.54) is 6.07 Å². The molecule has 0 spiro atoms. The van der Waals surface area contributed by atoms with Crippen LogP contribution in [0.25, 0.3) is 0 Å². The SMILES string of the molecule is CC(C)n1nccc1NC(=O)COC(=O)c1ccc2c(c1)OCO2. The van der Waals surface area contributed by atoms with Crippen LogP contribution in [0.5, 0.6) is 11.5 Å². The molecule has 0 radical (unpaired) electrons. The van der Waals surface area contributed by atoms with E-state index >= 15 is 0 Å². The number of hydrogen-bond acceptors (Lipinski definition) is 6. The van der Waals surface area contributed by atoms with Crippen molar-refractivity contribution in [3.05, 3.63) is 36.0 Å². The summed E-state index contributed by atoms with van der Waals surface area (Å²) in [4.78, 5) is 23.9. The van der Waals surface area contributed by atoms with Crippen LogP contribution in [0.15, 0.2) is 30.5 Å². The Morgan fingerprint density at radius 1 is 1.29 bits per heavy atom. The summed E-state index contributed by atoms with van der Waals surface area (Å²) in [6.45, 7) is 3.63. The molecular weight excluding hydrogens is 314 g/mol. The van der Waals surface area contributed by atoms with Crippen molar-refractivity contribution < 1.29 is 23.8 Å². The zero-order chi connectivity index (χ0) is 17.1. The molecule has 1 N–H and O–H groups in total. The van der Waals surface area contributed by atoms with E-state index in [-0.39, 0.29) is 12.8 Å². The van der Waals surface area contributed by atoms with Gasteiger partial charge in [0, 0.05) is 12.1 Å². The molecule has 2 heterocycles. The molecule has 8 heteroatoms. The lowest BCUT2D eigenvalue weighted by Gasteiger charge is -2.12. The first kappa shape index (κ1) is 15.9. The van der Waals surface area contributed by atoms with Gasteiger partial charge in [0.2, 0.25) is 6.79 Å². The van der Waals surface area contributed by atoms with Crippen LogP contribution in [0.4, 0.5) is 5.82 Å². The second-order valence-electron chi connectivity index (χ2n) is 5.45. The molecule has 2 aromatic rings. The Morgan fingerprint density at radius 2 is 2.08 bits per heavy atom. The van der Waals surface area contributed by atoms with Gasteiger partial charge in [-0.3, -0.25) is 4.79 Å². The van der Waals surface area contributed by atoms with E-state index in [1.54, 1.807) is 29.1 Å². The lowest BCUT2D eigenvalue weighted by molar-refractivity contribution is -0.119. The summed E-state index contributed by atoms with van der Waals surface area (Å²) < 4.78 is 17.1. The van der Waals surface area contributed by atoms with Crippen molar-refractivity contribution in [1.29, 1.82) is 0 Å². The molecule has 0 aliphatic carbocycles. The van der Waals surface area contributed by atoms with Crippen molar-refractivity contribution in [2.75, 3.05) is 18.7 Å². The van der Waals surface area contributed by atoms with E-state index in [1.807, 2.05) is 13.8 Å². The van der Waals surface area contributed by atoms with Gasteiger partial charge in [-0.2, -0.15) is 5.10 Å². The third kappa shape index (κ3) is 3.32.